The Morgan fingerprint density at radius 3 is 2.53 bits per heavy atom. The number of amides is 2. The molecule has 2 aromatic heterocycles. The van der Waals surface area contributed by atoms with Gasteiger partial charge in [-0.2, -0.15) is 0 Å². The Balaban J connectivity index is 1.84. The molecule has 0 saturated heterocycles. The van der Waals surface area contributed by atoms with E-state index < -0.39 is 5.91 Å². The number of primary amides is 1. The summed E-state index contributed by atoms with van der Waals surface area (Å²) in [5, 5.41) is 3.60. The number of nitrogens with zero attached hydrogens (tertiary/aromatic N) is 3. The molecule has 0 fully saturated rings. The number of halogens is 1. The number of nitrogens with one attached hydrogen (secondary N) is 1. The summed E-state index contributed by atoms with van der Waals surface area (Å²) in [4.78, 5) is 32.6. The summed E-state index contributed by atoms with van der Waals surface area (Å²) in [6.07, 6.45) is 3.01. The van der Waals surface area contributed by atoms with Gasteiger partial charge in [0.25, 0.3) is 0 Å². The molecule has 30 heavy (non-hydrogen) atoms. The molecule has 0 atom stereocenters. The van der Waals surface area contributed by atoms with Gasteiger partial charge in [-0.3, -0.25) is 0 Å². The van der Waals surface area contributed by atoms with E-state index in [2.05, 4.69) is 43.9 Å². The molecule has 2 aromatic carbocycles. The van der Waals surface area contributed by atoms with Crippen LogP contribution < -0.4 is 20.1 Å². The molecule has 0 unspecified atom stereocenters. The molecule has 150 valence electrons. The van der Waals surface area contributed by atoms with Gasteiger partial charge in [0.1, 0.15) is 0 Å². The van der Waals surface area contributed by atoms with Gasteiger partial charge in [-0.05, 0) is 0 Å². The van der Waals surface area contributed by atoms with E-state index in [9.17, 15) is 9.59 Å². The maximum atomic E-state index is 12.0. The number of carbonyl (C=O) groups is 2. The number of aromatic nitrogens is 3. The molecule has 4 rings (SSSR count). The van der Waals surface area contributed by atoms with E-state index in [4.69, 9.17) is 5.73 Å². The van der Waals surface area contributed by atoms with E-state index in [1.165, 1.54) is 12.4 Å². The first-order valence-electron chi connectivity index (χ1n) is 8.90. The first-order valence-corrected chi connectivity index (χ1v) is 11.7. The average Bonchev–Trinajstić information content (AvgIpc) is 3.12. The fourth-order valence-electron chi connectivity index (χ4n) is 3.01. The van der Waals surface area contributed by atoms with Gasteiger partial charge in [-0.1, -0.05) is 0 Å². The molecule has 2 heterocycles. The van der Waals surface area contributed by atoms with E-state index in [0.717, 1.165) is 23.5 Å². The summed E-state index contributed by atoms with van der Waals surface area (Å²) in [6, 6.07) is 15.7. The van der Waals surface area contributed by atoms with Crippen molar-refractivity contribution in [2.45, 2.75) is 0 Å². The number of nitrogens with two attached hydrogens (primary N) is 1. The molecule has 0 spiro atoms. The second kappa shape index (κ2) is 8.55. The first kappa shape index (κ1) is 20.5. The van der Waals surface area contributed by atoms with Crippen LogP contribution in [-0.2, 0) is 0 Å². The van der Waals surface area contributed by atoms with Gasteiger partial charge in [-0.25, -0.2) is 0 Å². The molecule has 4 aromatic rings. The van der Waals surface area contributed by atoms with Crippen LogP contribution in [0.25, 0.3) is 16.9 Å². The number of fused-ring (bicyclic) bond motifs is 1. The number of carbonyl (C=O) groups excluding carboxylic acids is 2. The predicted molar refractivity (Wildman–Crippen MR) is 125 cm³/mol. The molecule has 0 aliphatic carbocycles. The Hall–Kier alpha value is -2.75. The van der Waals surface area contributed by atoms with Gasteiger partial charge in [0, 0.05) is 0 Å². The van der Waals surface area contributed by atoms with Crippen molar-refractivity contribution in [2.75, 3.05) is 7.05 Å². The quantitative estimate of drug-likeness (QED) is 0.275. The minimum absolute atomic E-state index is 0.226. The van der Waals surface area contributed by atoms with Gasteiger partial charge in [0.2, 0.25) is 0 Å². The van der Waals surface area contributed by atoms with Crippen molar-refractivity contribution < 1.29 is 9.59 Å². The monoisotopic (exact) mass is 577 g/mol. The number of rotatable bonds is 5. The normalized spacial score (nSPS) is 10.9. The molecule has 0 saturated carbocycles. The third-order valence-corrected chi connectivity index (χ3v) is 7.37. The van der Waals surface area contributed by atoms with Gasteiger partial charge in [0.15, 0.2) is 0 Å². The third kappa shape index (κ3) is 3.96. The summed E-state index contributed by atoms with van der Waals surface area (Å²) >= 11 is 1.94. The summed E-state index contributed by atoms with van der Waals surface area (Å²) < 4.78 is 4.78. The topological polar surface area (TPSA) is 103 Å². The molecule has 0 aliphatic heterocycles. The SMILES string of the molecule is CNC(=O)c1cnc(-n2c([Se]c3ccc(I)cc3C(N)=O)cc3ccccc32)nc1. The van der Waals surface area contributed by atoms with Gasteiger partial charge >= 0.3 is 193 Å². The molecule has 9 heteroatoms. The Morgan fingerprint density at radius 1 is 1.10 bits per heavy atom. The van der Waals surface area contributed by atoms with Crippen molar-refractivity contribution in [2.24, 2.45) is 5.73 Å². The summed E-state index contributed by atoms with van der Waals surface area (Å²) in [6.45, 7) is 0. The Bertz CT molecular complexity index is 1270. The van der Waals surface area contributed by atoms with Crippen LogP contribution >= 0.6 is 22.6 Å². The summed E-state index contributed by atoms with van der Waals surface area (Å²) in [5.41, 5.74) is 7.48. The second-order valence-electron chi connectivity index (χ2n) is 6.33. The fraction of sp³-hybridized carbons (Fsp3) is 0.0476. The van der Waals surface area contributed by atoms with Crippen LogP contribution in [0.2, 0.25) is 0 Å². The molecule has 3 N–H and O–H groups in total. The Labute approximate surface area is 192 Å². The van der Waals surface area contributed by atoms with Crippen LogP contribution in [-0.4, -0.2) is 48.4 Å². The summed E-state index contributed by atoms with van der Waals surface area (Å²) in [5.74, 6) is -0.223. The van der Waals surface area contributed by atoms with Crippen molar-refractivity contribution in [1.29, 1.82) is 0 Å². The zero-order chi connectivity index (χ0) is 21.3. The van der Waals surface area contributed by atoms with Crippen LogP contribution in [0.5, 0.6) is 0 Å². The average molecular weight is 576 g/mol. The number of hydrogen-bond donors (Lipinski definition) is 2. The van der Waals surface area contributed by atoms with Crippen LogP contribution in [0.3, 0.4) is 0 Å². The van der Waals surface area contributed by atoms with E-state index in [1.807, 2.05) is 47.0 Å². The van der Waals surface area contributed by atoms with Gasteiger partial charge in [0.05, 0.1) is 0 Å². The third-order valence-electron chi connectivity index (χ3n) is 4.43. The van der Waals surface area contributed by atoms with Crippen molar-refractivity contribution in [3.8, 4) is 5.95 Å². The van der Waals surface area contributed by atoms with Crippen LogP contribution in [0, 0.1) is 3.57 Å². The number of hydrogen-bond acceptors (Lipinski definition) is 4. The second-order valence-corrected chi connectivity index (χ2v) is 9.81. The van der Waals surface area contributed by atoms with E-state index >= 15 is 0 Å². The van der Waals surface area contributed by atoms with Crippen molar-refractivity contribution in [3.63, 3.8) is 0 Å². The standard InChI is InChI=1S/C21H16IN5O2Se/c1-24-20(29)13-10-25-21(26-11-13)27-16-5-3-2-4-12(16)8-18(27)30-17-7-6-14(22)9-15(17)19(23)28/h2-11H,1H3,(H2,23,28)(H,24,29). The summed E-state index contributed by atoms with van der Waals surface area (Å²) in [7, 11) is 1.56. The molecule has 0 radical (unpaired) electrons. The van der Waals surface area contributed by atoms with Crippen LogP contribution in [0.1, 0.15) is 20.7 Å². The van der Waals surface area contributed by atoms with Gasteiger partial charge in [-0.15, -0.1) is 0 Å². The molecule has 0 bridgehead atoms. The predicted octanol–water partition coefficient (Wildman–Crippen LogP) is 1.14. The zero-order valence-corrected chi connectivity index (χ0v) is 19.7. The number of para-hydroxylation sites is 1. The minimum atomic E-state index is -0.445. The van der Waals surface area contributed by atoms with Gasteiger partial charge < -0.3 is 0 Å². The van der Waals surface area contributed by atoms with Crippen LogP contribution in [0.15, 0.2) is 60.9 Å². The van der Waals surface area contributed by atoms with E-state index in [-0.39, 0.29) is 20.9 Å². The Morgan fingerprint density at radius 2 is 1.83 bits per heavy atom. The molecule has 0 aliphatic rings. The van der Waals surface area contributed by atoms with E-state index in [0.29, 0.717) is 17.1 Å². The van der Waals surface area contributed by atoms with Crippen molar-refractivity contribution >= 4 is 69.3 Å². The van der Waals surface area contributed by atoms with Crippen molar-refractivity contribution in [1.82, 2.24) is 19.9 Å². The first-order chi connectivity index (χ1) is 14.5. The maximum absolute atomic E-state index is 12.0. The van der Waals surface area contributed by atoms with Crippen LogP contribution in [0.4, 0.5) is 0 Å². The molecular formula is C21H16IN5O2Se. The number of benzene rings is 2. The van der Waals surface area contributed by atoms with E-state index in [1.54, 1.807) is 7.05 Å². The zero-order valence-electron chi connectivity index (χ0n) is 15.8. The Kier molecular flexibility index (Phi) is 5.85. The molecular weight excluding hydrogens is 560 g/mol. The fourth-order valence-corrected chi connectivity index (χ4v) is 5.78. The van der Waals surface area contributed by atoms with Crippen molar-refractivity contribution in [3.05, 3.63) is 75.6 Å². The molecule has 2 amide bonds. The molecule has 7 nitrogen and oxygen atoms in total.